The lowest BCUT2D eigenvalue weighted by Crippen LogP contribution is -2.56. The van der Waals surface area contributed by atoms with Crippen molar-refractivity contribution in [2.75, 3.05) is 33.4 Å². The Hall–Kier alpha value is -1.67. The van der Waals surface area contributed by atoms with Crippen molar-refractivity contribution in [3.8, 4) is 5.88 Å². The van der Waals surface area contributed by atoms with Crippen LogP contribution in [0.4, 0.5) is 4.79 Å². The van der Waals surface area contributed by atoms with Crippen molar-refractivity contribution in [1.29, 1.82) is 0 Å². The molecule has 7 nitrogen and oxygen atoms in total. The number of quaternary nitrogens is 1. The average molecular weight is 427 g/mol. The number of rotatable bonds is 12. The number of aromatic nitrogens is 2. The molecule has 2 heterocycles. The molecule has 0 N–H and O–H groups in total. The van der Waals surface area contributed by atoms with E-state index in [9.17, 15) is 4.79 Å². The molecule has 1 aromatic rings. The minimum absolute atomic E-state index is 0.256. The zero-order valence-electron chi connectivity index (χ0n) is 18.3. The van der Waals surface area contributed by atoms with Gasteiger partial charge in [0.15, 0.2) is 0 Å². The largest absolute Gasteiger partial charge is 0.512 e. The number of nitrogens with zero attached hydrogens (tertiary/aromatic N) is 3. The Bertz CT molecular complexity index is 664. The van der Waals surface area contributed by atoms with Crippen LogP contribution < -0.4 is 4.74 Å². The molecule has 0 bridgehead atoms. The fourth-order valence-corrected chi connectivity index (χ4v) is 4.17. The van der Waals surface area contributed by atoms with Crippen LogP contribution in [-0.4, -0.2) is 59.0 Å². The van der Waals surface area contributed by atoms with E-state index in [4.69, 9.17) is 14.2 Å². The minimum Gasteiger partial charge on any atom is -0.475 e. The third kappa shape index (κ3) is 6.96. The topological polar surface area (TPSA) is 70.5 Å². The molecule has 0 aliphatic carbocycles. The van der Waals surface area contributed by atoms with E-state index in [0.717, 1.165) is 50.0 Å². The van der Waals surface area contributed by atoms with E-state index in [-0.39, 0.29) is 6.23 Å². The van der Waals surface area contributed by atoms with Crippen LogP contribution in [0.25, 0.3) is 5.57 Å². The molecule has 0 fully saturated rings. The molecule has 0 saturated heterocycles. The van der Waals surface area contributed by atoms with Gasteiger partial charge in [-0.15, -0.1) is 4.37 Å². The van der Waals surface area contributed by atoms with Crippen LogP contribution in [0.2, 0.25) is 0 Å². The van der Waals surface area contributed by atoms with Crippen molar-refractivity contribution in [3.63, 3.8) is 0 Å². The van der Waals surface area contributed by atoms with Crippen molar-refractivity contribution >= 4 is 23.5 Å². The van der Waals surface area contributed by atoms with Gasteiger partial charge in [0.2, 0.25) is 6.23 Å². The van der Waals surface area contributed by atoms with Crippen molar-refractivity contribution < 1.29 is 23.5 Å². The van der Waals surface area contributed by atoms with Crippen LogP contribution >= 0.6 is 11.7 Å². The van der Waals surface area contributed by atoms with Gasteiger partial charge in [-0.2, -0.15) is 4.37 Å². The van der Waals surface area contributed by atoms with Crippen molar-refractivity contribution in [1.82, 2.24) is 8.75 Å². The third-order valence-electron chi connectivity index (χ3n) is 5.26. The first-order valence-corrected chi connectivity index (χ1v) is 11.6. The predicted octanol–water partition coefficient (Wildman–Crippen LogP) is 5.03. The molecular formula is C21H36N3O4S+. The summed E-state index contributed by atoms with van der Waals surface area (Å²) < 4.78 is 26.2. The van der Waals surface area contributed by atoms with E-state index in [2.05, 4.69) is 28.8 Å². The standard InChI is InChI=1S/C21H36N3O4S/c1-5-8-9-10-15-26-20-19(22-29-23-20)17-12-11-13-24(4,16-17)18(7-3)28-21(25)27-14-6-2/h12,18H,5-11,13-16H2,1-4H3/q+1/t18?,24-/m1/s1. The Balaban J connectivity index is 2.01. The summed E-state index contributed by atoms with van der Waals surface area (Å²) in [6.45, 7) is 8.87. The molecule has 1 aliphatic rings. The fourth-order valence-electron chi connectivity index (χ4n) is 3.63. The van der Waals surface area contributed by atoms with Gasteiger partial charge < -0.3 is 14.2 Å². The molecule has 2 rings (SSSR count). The molecule has 164 valence electrons. The van der Waals surface area contributed by atoms with Gasteiger partial charge in [-0.25, -0.2) is 4.79 Å². The lowest BCUT2D eigenvalue weighted by molar-refractivity contribution is -0.947. The summed E-state index contributed by atoms with van der Waals surface area (Å²) >= 11 is 1.18. The summed E-state index contributed by atoms with van der Waals surface area (Å²) in [4.78, 5) is 12.0. The second-order valence-electron chi connectivity index (χ2n) is 7.79. The van der Waals surface area contributed by atoms with Crippen molar-refractivity contribution in [3.05, 3.63) is 11.8 Å². The molecule has 8 heteroatoms. The molecule has 0 radical (unpaired) electrons. The Kier molecular flexibility index (Phi) is 9.87. The normalized spacial score (nSPS) is 20.1. The monoisotopic (exact) mass is 426 g/mol. The number of hydrogen-bond donors (Lipinski definition) is 0. The maximum absolute atomic E-state index is 12.0. The molecule has 1 unspecified atom stereocenters. The molecule has 0 saturated carbocycles. The summed E-state index contributed by atoms with van der Waals surface area (Å²) in [5, 5.41) is 0. The first kappa shape index (κ1) is 23.6. The van der Waals surface area contributed by atoms with E-state index in [1.807, 2.05) is 13.8 Å². The molecule has 29 heavy (non-hydrogen) atoms. The van der Waals surface area contributed by atoms with E-state index in [0.29, 0.717) is 23.6 Å². The van der Waals surface area contributed by atoms with E-state index in [1.54, 1.807) is 0 Å². The highest BCUT2D eigenvalue weighted by Crippen LogP contribution is 2.32. The molecule has 1 aromatic heterocycles. The minimum atomic E-state index is -0.583. The molecule has 0 spiro atoms. The zero-order chi connectivity index (χ0) is 21.1. The maximum Gasteiger partial charge on any atom is 0.512 e. The van der Waals surface area contributed by atoms with Crippen molar-refractivity contribution in [2.45, 2.75) is 71.9 Å². The summed E-state index contributed by atoms with van der Waals surface area (Å²) in [6, 6.07) is 0. The molecule has 0 aromatic carbocycles. The lowest BCUT2D eigenvalue weighted by atomic mass is 10.0. The average Bonchev–Trinajstić information content (AvgIpc) is 3.18. The highest BCUT2D eigenvalue weighted by atomic mass is 32.1. The second kappa shape index (κ2) is 12.1. The smallest absolute Gasteiger partial charge is 0.475 e. The summed E-state index contributed by atoms with van der Waals surface area (Å²) in [5.41, 5.74) is 1.94. The number of hydrogen-bond acceptors (Lipinski definition) is 7. The first-order valence-electron chi connectivity index (χ1n) is 10.9. The summed E-state index contributed by atoms with van der Waals surface area (Å²) in [6.07, 6.45) is 8.41. The number of carbonyl (C=O) groups is 1. The highest BCUT2D eigenvalue weighted by molar-refractivity contribution is 6.99. The quantitative estimate of drug-likeness (QED) is 0.265. The van der Waals surface area contributed by atoms with E-state index < -0.39 is 6.16 Å². The Morgan fingerprint density at radius 3 is 2.72 bits per heavy atom. The van der Waals surface area contributed by atoms with Crippen LogP contribution in [0.5, 0.6) is 5.88 Å². The van der Waals surface area contributed by atoms with Crippen LogP contribution in [0.15, 0.2) is 6.08 Å². The molecule has 2 atom stereocenters. The Morgan fingerprint density at radius 2 is 2.00 bits per heavy atom. The van der Waals surface area contributed by atoms with Crippen LogP contribution in [0.3, 0.4) is 0 Å². The zero-order valence-corrected chi connectivity index (χ0v) is 19.1. The molecule has 1 aliphatic heterocycles. The van der Waals surface area contributed by atoms with E-state index >= 15 is 0 Å². The van der Waals surface area contributed by atoms with Gasteiger partial charge in [0.1, 0.15) is 12.2 Å². The SMILES string of the molecule is CCCCCCOc1nsnc1C1=CCC[N@@+](C)(C(CC)OC(=O)OCCC)C1. The Morgan fingerprint density at radius 1 is 1.17 bits per heavy atom. The number of likely N-dealkylation sites (N-methyl/N-ethyl adjacent to an activating group) is 1. The van der Waals surface area contributed by atoms with Crippen LogP contribution in [-0.2, 0) is 9.47 Å². The van der Waals surface area contributed by atoms with Gasteiger partial charge in [-0.3, -0.25) is 4.48 Å². The van der Waals surface area contributed by atoms with Gasteiger partial charge in [-0.05, 0) is 12.8 Å². The summed E-state index contributed by atoms with van der Waals surface area (Å²) in [7, 11) is 2.12. The fraction of sp³-hybridized carbons (Fsp3) is 0.762. The number of carbonyl (C=O) groups excluding carboxylic acids is 1. The predicted molar refractivity (Wildman–Crippen MR) is 115 cm³/mol. The Labute approximate surface area is 179 Å². The highest BCUT2D eigenvalue weighted by Gasteiger charge is 2.38. The second-order valence-corrected chi connectivity index (χ2v) is 8.31. The van der Waals surface area contributed by atoms with Gasteiger partial charge in [0.05, 0.1) is 38.5 Å². The van der Waals surface area contributed by atoms with E-state index in [1.165, 1.54) is 31.0 Å². The number of unbranched alkanes of at least 4 members (excludes halogenated alkanes) is 3. The van der Waals surface area contributed by atoms with Gasteiger partial charge >= 0.3 is 6.16 Å². The summed E-state index contributed by atoms with van der Waals surface area (Å²) in [5.74, 6) is 0.627. The molecular weight excluding hydrogens is 390 g/mol. The maximum atomic E-state index is 12.0. The van der Waals surface area contributed by atoms with Gasteiger partial charge in [0.25, 0.3) is 5.88 Å². The van der Waals surface area contributed by atoms with Crippen LogP contribution in [0, 0.1) is 0 Å². The third-order valence-corrected chi connectivity index (χ3v) is 5.77. The number of ether oxygens (including phenoxy) is 3. The molecule has 0 amide bonds. The van der Waals surface area contributed by atoms with Crippen molar-refractivity contribution in [2.24, 2.45) is 0 Å². The first-order chi connectivity index (χ1) is 14.0. The van der Waals surface area contributed by atoms with Crippen LogP contribution in [0.1, 0.15) is 71.4 Å². The van der Waals surface area contributed by atoms with Gasteiger partial charge in [0, 0.05) is 18.4 Å². The van der Waals surface area contributed by atoms with Gasteiger partial charge in [-0.1, -0.05) is 46.1 Å². The lowest BCUT2D eigenvalue weighted by Gasteiger charge is -2.42.